The van der Waals surface area contributed by atoms with Gasteiger partial charge in [0.1, 0.15) is 5.82 Å². The Balaban J connectivity index is 2.23. The zero-order valence-electron chi connectivity index (χ0n) is 10.7. The van der Waals surface area contributed by atoms with Gasteiger partial charge in [0.25, 0.3) is 0 Å². The van der Waals surface area contributed by atoms with Crippen molar-refractivity contribution in [2.45, 2.75) is 19.3 Å². The maximum atomic E-state index is 13.3. The molecule has 0 radical (unpaired) electrons. The SMILES string of the molecule is Cc1ccc(F)cc1CC(CO)c1ccc(Cl)cc1. The van der Waals surface area contributed by atoms with Crippen LogP contribution >= 0.6 is 11.6 Å². The number of aliphatic hydroxyl groups excluding tert-OH is 1. The summed E-state index contributed by atoms with van der Waals surface area (Å²) in [6.45, 7) is 1.97. The number of hydrogen-bond donors (Lipinski definition) is 1. The van der Waals surface area contributed by atoms with Crippen molar-refractivity contribution in [1.29, 1.82) is 0 Å². The van der Waals surface area contributed by atoms with Crippen LogP contribution in [0, 0.1) is 12.7 Å². The second kappa shape index (κ2) is 6.18. The van der Waals surface area contributed by atoms with E-state index in [2.05, 4.69) is 0 Å². The third kappa shape index (κ3) is 3.55. The predicted molar refractivity (Wildman–Crippen MR) is 76.1 cm³/mol. The van der Waals surface area contributed by atoms with Gasteiger partial charge in [-0.3, -0.25) is 0 Å². The molecule has 1 nitrogen and oxygen atoms in total. The number of aryl methyl sites for hydroxylation is 1. The molecule has 2 aromatic rings. The fourth-order valence-electron chi connectivity index (χ4n) is 2.15. The normalized spacial score (nSPS) is 12.4. The fourth-order valence-corrected chi connectivity index (χ4v) is 2.27. The van der Waals surface area contributed by atoms with E-state index in [1.54, 1.807) is 18.2 Å². The molecule has 0 aliphatic carbocycles. The first kappa shape index (κ1) is 14.0. The Labute approximate surface area is 117 Å². The van der Waals surface area contributed by atoms with Crippen LogP contribution in [-0.2, 0) is 6.42 Å². The van der Waals surface area contributed by atoms with Gasteiger partial charge in [0.15, 0.2) is 0 Å². The smallest absolute Gasteiger partial charge is 0.123 e. The van der Waals surface area contributed by atoms with Crippen molar-refractivity contribution in [3.63, 3.8) is 0 Å². The van der Waals surface area contributed by atoms with Crippen LogP contribution in [0.2, 0.25) is 5.02 Å². The zero-order valence-corrected chi connectivity index (χ0v) is 11.5. The Morgan fingerprint density at radius 1 is 1.16 bits per heavy atom. The Morgan fingerprint density at radius 3 is 2.47 bits per heavy atom. The highest BCUT2D eigenvalue weighted by Gasteiger charge is 2.13. The second-order valence-electron chi connectivity index (χ2n) is 4.71. The second-order valence-corrected chi connectivity index (χ2v) is 5.14. The van der Waals surface area contributed by atoms with Gasteiger partial charge < -0.3 is 5.11 Å². The molecular weight excluding hydrogens is 263 g/mol. The lowest BCUT2D eigenvalue weighted by atomic mass is 9.91. The summed E-state index contributed by atoms with van der Waals surface area (Å²) in [4.78, 5) is 0. The van der Waals surface area contributed by atoms with Crippen LogP contribution in [0.1, 0.15) is 22.6 Å². The van der Waals surface area contributed by atoms with E-state index < -0.39 is 0 Å². The summed E-state index contributed by atoms with van der Waals surface area (Å²) >= 11 is 5.85. The number of hydrogen-bond acceptors (Lipinski definition) is 1. The topological polar surface area (TPSA) is 20.2 Å². The lowest BCUT2D eigenvalue weighted by Gasteiger charge is -2.16. The molecule has 100 valence electrons. The van der Waals surface area contributed by atoms with E-state index in [-0.39, 0.29) is 18.3 Å². The van der Waals surface area contributed by atoms with Crippen molar-refractivity contribution in [2.75, 3.05) is 6.61 Å². The summed E-state index contributed by atoms with van der Waals surface area (Å²) in [6, 6.07) is 12.2. The van der Waals surface area contributed by atoms with Crippen molar-refractivity contribution in [1.82, 2.24) is 0 Å². The standard InChI is InChI=1S/C16H16ClFO/c1-11-2-7-16(18)9-13(11)8-14(10-19)12-3-5-15(17)6-4-12/h2-7,9,14,19H,8,10H2,1H3. The van der Waals surface area contributed by atoms with Crippen molar-refractivity contribution in [3.8, 4) is 0 Å². The van der Waals surface area contributed by atoms with Gasteiger partial charge in [-0.05, 0) is 54.3 Å². The molecule has 0 bridgehead atoms. The van der Waals surface area contributed by atoms with E-state index in [0.29, 0.717) is 11.4 Å². The van der Waals surface area contributed by atoms with E-state index in [9.17, 15) is 9.50 Å². The van der Waals surface area contributed by atoms with E-state index in [1.807, 2.05) is 19.1 Å². The Hall–Kier alpha value is -1.38. The first-order valence-electron chi connectivity index (χ1n) is 6.21. The highest BCUT2D eigenvalue weighted by atomic mass is 35.5. The minimum Gasteiger partial charge on any atom is -0.396 e. The van der Waals surface area contributed by atoms with Crippen LogP contribution in [0.25, 0.3) is 0 Å². The van der Waals surface area contributed by atoms with Gasteiger partial charge in [-0.25, -0.2) is 4.39 Å². The van der Waals surface area contributed by atoms with Gasteiger partial charge in [-0.15, -0.1) is 0 Å². The van der Waals surface area contributed by atoms with Crippen molar-refractivity contribution in [3.05, 3.63) is 70.0 Å². The lowest BCUT2D eigenvalue weighted by molar-refractivity contribution is 0.264. The average molecular weight is 279 g/mol. The highest BCUT2D eigenvalue weighted by Crippen LogP contribution is 2.24. The molecule has 0 saturated heterocycles. The summed E-state index contributed by atoms with van der Waals surface area (Å²) in [5.41, 5.74) is 2.97. The molecule has 0 heterocycles. The summed E-state index contributed by atoms with van der Waals surface area (Å²) in [7, 11) is 0. The molecule has 2 rings (SSSR count). The molecule has 1 atom stereocenters. The van der Waals surface area contributed by atoms with Crippen LogP contribution in [0.15, 0.2) is 42.5 Å². The van der Waals surface area contributed by atoms with Crippen molar-refractivity contribution < 1.29 is 9.50 Å². The van der Waals surface area contributed by atoms with Crippen LogP contribution < -0.4 is 0 Å². The summed E-state index contributed by atoms with van der Waals surface area (Å²) < 4.78 is 13.3. The zero-order chi connectivity index (χ0) is 13.8. The monoisotopic (exact) mass is 278 g/mol. The summed E-state index contributed by atoms with van der Waals surface area (Å²) in [6.07, 6.45) is 0.613. The quantitative estimate of drug-likeness (QED) is 0.892. The Morgan fingerprint density at radius 2 is 1.84 bits per heavy atom. The number of halogens is 2. The van der Waals surface area contributed by atoms with Crippen molar-refractivity contribution >= 4 is 11.6 Å². The predicted octanol–water partition coefficient (Wildman–Crippen LogP) is 4.11. The molecule has 2 aromatic carbocycles. The number of benzene rings is 2. The molecule has 0 aromatic heterocycles. The number of aliphatic hydroxyl groups is 1. The highest BCUT2D eigenvalue weighted by molar-refractivity contribution is 6.30. The maximum Gasteiger partial charge on any atom is 0.123 e. The summed E-state index contributed by atoms with van der Waals surface area (Å²) in [5, 5.41) is 10.2. The molecule has 1 N–H and O–H groups in total. The fraction of sp³-hybridized carbons (Fsp3) is 0.250. The minimum absolute atomic E-state index is 0.0254. The largest absolute Gasteiger partial charge is 0.396 e. The van der Waals surface area contributed by atoms with Crippen LogP contribution in [-0.4, -0.2) is 11.7 Å². The molecule has 0 saturated carbocycles. The number of rotatable bonds is 4. The van der Waals surface area contributed by atoms with Gasteiger partial charge in [0, 0.05) is 10.9 Å². The Kier molecular flexibility index (Phi) is 4.56. The summed E-state index contributed by atoms with van der Waals surface area (Å²) in [5.74, 6) is -0.286. The average Bonchev–Trinajstić information content (AvgIpc) is 2.41. The van der Waals surface area contributed by atoms with E-state index in [0.717, 1.165) is 16.7 Å². The molecule has 1 unspecified atom stereocenters. The van der Waals surface area contributed by atoms with E-state index in [1.165, 1.54) is 12.1 Å². The lowest BCUT2D eigenvalue weighted by Crippen LogP contribution is -2.09. The minimum atomic E-state index is -0.242. The molecule has 0 aliphatic rings. The van der Waals surface area contributed by atoms with Crippen LogP contribution in [0.3, 0.4) is 0 Å². The van der Waals surface area contributed by atoms with Crippen molar-refractivity contribution in [2.24, 2.45) is 0 Å². The molecule has 0 amide bonds. The van der Waals surface area contributed by atoms with Gasteiger partial charge in [-0.1, -0.05) is 29.8 Å². The third-order valence-corrected chi connectivity index (χ3v) is 3.59. The first-order chi connectivity index (χ1) is 9.10. The molecule has 0 spiro atoms. The molecular formula is C16H16ClFO. The maximum absolute atomic E-state index is 13.3. The first-order valence-corrected chi connectivity index (χ1v) is 6.59. The van der Waals surface area contributed by atoms with Gasteiger partial charge in [-0.2, -0.15) is 0 Å². The Bertz CT molecular complexity index is 551. The molecule has 0 aliphatic heterocycles. The van der Waals surface area contributed by atoms with Gasteiger partial charge >= 0.3 is 0 Å². The molecule has 0 fully saturated rings. The van der Waals surface area contributed by atoms with E-state index >= 15 is 0 Å². The van der Waals surface area contributed by atoms with Crippen LogP contribution in [0.4, 0.5) is 4.39 Å². The van der Waals surface area contributed by atoms with Gasteiger partial charge in [0.05, 0.1) is 6.61 Å². The molecule has 19 heavy (non-hydrogen) atoms. The molecule has 3 heteroatoms. The van der Waals surface area contributed by atoms with E-state index in [4.69, 9.17) is 11.6 Å². The van der Waals surface area contributed by atoms with Gasteiger partial charge in [0.2, 0.25) is 0 Å². The third-order valence-electron chi connectivity index (χ3n) is 3.34. The van der Waals surface area contributed by atoms with Crippen LogP contribution in [0.5, 0.6) is 0 Å².